The summed E-state index contributed by atoms with van der Waals surface area (Å²) in [6, 6.07) is 9.56. The molecule has 4 rings (SSSR count). The average molecular weight is 713 g/mol. The number of rotatable bonds is 13. The number of unbranched alkanes of at least 4 members (excludes halogenated alkanes) is 1. The number of halogens is 1. The van der Waals surface area contributed by atoms with Crippen molar-refractivity contribution >= 4 is 46.2 Å². The van der Waals surface area contributed by atoms with Gasteiger partial charge in [-0.3, -0.25) is 19.8 Å². The van der Waals surface area contributed by atoms with Crippen molar-refractivity contribution in [2.24, 2.45) is 5.92 Å². The predicted octanol–water partition coefficient (Wildman–Crippen LogP) is 5.72. The van der Waals surface area contributed by atoms with E-state index in [0.29, 0.717) is 86.7 Å². The standard InChI is InChI=1S/C35H45N5O6.BrH/c1-6-45-30-17-24-20-40(33(37)25(24)18-26(30)34(44)38-5)21-29(41)23-15-27(35(2,3)4)32(46-14-8-7-9-31(42)43)28(16-23)39-12-10-22(19-36)11-13-39;/h15-18,22,37H,6-14,20-21H2,1-5H3,(H,38,44)(H,42,43);1H. The molecule has 0 spiro atoms. The van der Waals surface area contributed by atoms with E-state index in [1.165, 1.54) is 0 Å². The Morgan fingerprint density at radius 3 is 2.40 bits per heavy atom. The highest BCUT2D eigenvalue weighted by molar-refractivity contribution is 8.93. The third-order valence-corrected chi connectivity index (χ3v) is 8.49. The number of ether oxygens (including phenoxy) is 2. The van der Waals surface area contributed by atoms with Crippen molar-refractivity contribution in [3.63, 3.8) is 0 Å². The normalized spacial score (nSPS) is 14.6. The van der Waals surface area contributed by atoms with Crippen molar-refractivity contribution in [3.8, 4) is 17.6 Å². The molecule has 0 radical (unpaired) electrons. The smallest absolute Gasteiger partial charge is 0.303 e. The Bertz CT molecular complexity index is 1540. The van der Waals surface area contributed by atoms with Gasteiger partial charge in [0.05, 0.1) is 37.1 Å². The van der Waals surface area contributed by atoms with Gasteiger partial charge in [-0.05, 0) is 67.9 Å². The number of benzene rings is 2. The van der Waals surface area contributed by atoms with E-state index in [4.69, 9.17) is 20.0 Å². The molecular weight excluding hydrogens is 666 g/mol. The summed E-state index contributed by atoms with van der Waals surface area (Å²) < 4.78 is 12.1. The van der Waals surface area contributed by atoms with Gasteiger partial charge in [-0.1, -0.05) is 20.8 Å². The summed E-state index contributed by atoms with van der Waals surface area (Å²) in [4.78, 5) is 41.4. The number of nitriles is 1. The number of carboxylic acids is 1. The number of carbonyl (C=O) groups excluding carboxylic acids is 2. The van der Waals surface area contributed by atoms with Crippen LogP contribution in [0.4, 0.5) is 5.69 Å². The second-order valence-corrected chi connectivity index (χ2v) is 12.9. The van der Waals surface area contributed by atoms with Crippen LogP contribution in [0.1, 0.15) is 97.2 Å². The van der Waals surface area contributed by atoms with Gasteiger partial charge in [0, 0.05) is 55.7 Å². The van der Waals surface area contributed by atoms with E-state index in [1.54, 1.807) is 24.1 Å². The summed E-state index contributed by atoms with van der Waals surface area (Å²) in [5.41, 5.74) is 3.54. The Hall–Kier alpha value is -4.11. The third kappa shape index (κ3) is 8.83. The molecule has 2 aliphatic heterocycles. The summed E-state index contributed by atoms with van der Waals surface area (Å²) in [5, 5.41) is 30.0. The molecule has 47 heavy (non-hydrogen) atoms. The van der Waals surface area contributed by atoms with Crippen LogP contribution < -0.4 is 19.7 Å². The first kappa shape index (κ1) is 37.3. The Balaban J connectivity index is 0.00000600. The number of Topliss-reactive ketones (excluding diaryl/α,β-unsaturated/α-hetero) is 1. The van der Waals surface area contributed by atoms with E-state index in [0.717, 1.165) is 16.8 Å². The monoisotopic (exact) mass is 711 g/mol. The zero-order valence-corrected chi connectivity index (χ0v) is 29.6. The molecule has 0 aliphatic carbocycles. The fraction of sp³-hybridized carbons (Fsp3) is 0.514. The predicted molar refractivity (Wildman–Crippen MR) is 186 cm³/mol. The van der Waals surface area contributed by atoms with Crippen LogP contribution in [0.2, 0.25) is 0 Å². The molecule has 12 heteroatoms. The number of amides is 1. The molecule has 1 fully saturated rings. The Kier molecular flexibility index (Phi) is 12.8. The first-order valence-electron chi connectivity index (χ1n) is 15.9. The number of anilines is 1. The molecule has 2 heterocycles. The number of fused-ring (bicyclic) bond motifs is 1. The van der Waals surface area contributed by atoms with Crippen molar-refractivity contribution < 1.29 is 29.0 Å². The van der Waals surface area contributed by atoms with Gasteiger partial charge in [0.25, 0.3) is 5.91 Å². The molecule has 0 saturated carbocycles. The minimum absolute atomic E-state index is 0. The number of carbonyl (C=O) groups is 3. The van der Waals surface area contributed by atoms with E-state index in [2.05, 4.69) is 37.1 Å². The van der Waals surface area contributed by atoms with Gasteiger partial charge in [-0.15, -0.1) is 17.0 Å². The first-order chi connectivity index (χ1) is 21.9. The topological polar surface area (TPSA) is 156 Å². The molecule has 1 amide bonds. The lowest BCUT2D eigenvalue weighted by Gasteiger charge is -2.35. The third-order valence-electron chi connectivity index (χ3n) is 8.49. The number of hydrogen-bond acceptors (Lipinski definition) is 8. The maximum Gasteiger partial charge on any atom is 0.303 e. The SMILES string of the molecule is Br.CCOc1cc2c(cc1C(=O)NC)C(=N)N(CC(=O)c1cc(N3CCC(C#N)CC3)c(OCCCCC(=O)O)c(C(C)(C)C)c1)C2. The maximum absolute atomic E-state index is 14.0. The fourth-order valence-corrected chi connectivity index (χ4v) is 5.94. The number of ketones is 1. The zero-order valence-electron chi connectivity index (χ0n) is 27.9. The lowest BCUT2D eigenvalue weighted by atomic mass is 9.84. The molecule has 1 saturated heterocycles. The molecule has 0 unspecified atom stereocenters. The summed E-state index contributed by atoms with van der Waals surface area (Å²) in [6.07, 6.45) is 2.58. The number of hydrogen-bond donors (Lipinski definition) is 3. The molecule has 2 aromatic carbocycles. The summed E-state index contributed by atoms with van der Waals surface area (Å²) >= 11 is 0. The quantitative estimate of drug-likeness (QED) is 0.175. The number of carboxylic acid groups (broad SMARTS) is 1. The highest BCUT2D eigenvalue weighted by Gasteiger charge is 2.32. The van der Waals surface area contributed by atoms with Crippen LogP contribution in [-0.4, -0.2) is 73.4 Å². The lowest BCUT2D eigenvalue weighted by Crippen LogP contribution is -2.34. The van der Waals surface area contributed by atoms with Crippen LogP contribution in [0, 0.1) is 22.7 Å². The first-order valence-corrected chi connectivity index (χ1v) is 15.9. The maximum atomic E-state index is 14.0. The Labute approximate surface area is 287 Å². The van der Waals surface area contributed by atoms with Gasteiger partial charge in [0.1, 0.15) is 17.3 Å². The van der Waals surface area contributed by atoms with E-state index >= 15 is 0 Å². The summed E-state index contributed by atoms with van der Waals surface area (Å²) in [5.74, 6) is -0.0121. The molecule has 0 atom stereocenters. The van der Waals surface area contributed by atoms with Crippen LogP contribution in [0.25, 0.3) is 0 Å². The highest BCUT2D eigenvalue weighted by Crippen LogP contribution is 2.42. The zero-order chi connectivity index (χ0) is 33.6. The van der Waals surface area contributed by atoms with Crippen molar-refractivity contribution in [2.45, 2.75) is 71.8 Å². The highest BCUT2D eigenvalue weighted by atomic mass is 79.9. The van der Waals surface area contributed by atoms with Crippen LogP contribution in [-0.2, 0) is 16.8 Å². The van der Waals surface area contributed by atoms with Crippen molar-refractivity contribution in [1.29, 1.82) is 10.7 Å². The number of nitrogens with zero attached hydrogens (tertiary/aromatic N) is 3. The van der Waals surface area contributed by atoms with Crippen molar-refractivity contribution in [2.75, 3.05) is 44.8 Å². The Morgan fingerprint density at radius 1 is 1.11 bits per heavy atom. The molecular formula is C35H46BrN5O6. The van der Waals surface area contributed by atoms with Gasteiger partial charge in [0.15, 0.2) is 5.78 Å². The molecule has 3 N–H and O–H groups in total. The minimum atomic E-state index is -0.838. The number of nitrogens with one attached hydrogen (secondary N) is 2. The fourth-order valence-electron chi connectivity index (χ4n) is 5.94. The van der Waals surface area contributed by atoms with E-state index < -0.39 is 5.97 Å². The van der Waals surface area contributed by atoms with Gasteiger partial charge in [-0.25, -0.2) is 0 Å². The molecule has 2 aliphatic rings. The second-order valence-electron chi connectivity index (χ2n) is 12.9. The average Bonchev–Trinajstić information content (AvgIpc) is 3.32. The summed E-state index contributed by atoms with van der Waals surface area (Å²) in [6.45, 7) is 10.4. The van der Waals surface area contributed by atoms with Gasteiger partial charge in [0.2, 0.25) is 0 Å². The lowest BCUT2D eigenvalue weighted by molar-refractivity contribution is -0.137. The number of aliphatic carboxylic acids is 1. The van der Waals surface area contributed by atoms with Crippen molar-refractivity contribution in [3.05, 3.63) is 52.1 Å². The number of amidine groups is 1. The molecule has 0 aromatic heterocycles. The van der Waals surface area contributed by atoms with Gasteiger partial charge >= 0.3 is 5.97 Å². The molecule has 11 nitrogen and oxygen atoms in total. The minimum Gasteiger partial charge on any atom is -0.493 e. The molecule has 0 bridgehead atoms. The molecule has 254 valence electrons. The molecule has 2 aromatic rings. The van der Waals surface area contributed by atoms with Crippen LogP contribution in [0.3, 0.4) is 0 Å². The van der Waals surface area contributed by atoms with Gasteiger partial charge in [-0.2, -0.15) is 5.26 Å². The second kappa shape index (κ2) is 16.1. The summed E-state index contributed by atoms with van der Waals surface area (Å²) in [7, 11) is 1.54. The van der Waals surface area contributed by atoms with Crippen LogP contribution >= 0.6 is 17.0 Å². The van der Waals surface area contributed by atoms with Crippen LogP contribution in [0.15, 0.2) is 24.3 Å². The van der Waals surface area contributed by atoms with Crippen molar-refractivity contribution in [1.82, 2.24) is 10.2 Å². The Morgan fingerprint density at radius 2 is 1.81 bits per heavy atom. The van der Waals surface area contributed by atoms with E-state index in [-0.39, 0.29) is 58.8 Å². The van der Waals surface area contributed by atoms with E-state index in [1.807, 2.05) is 19.1 Å². The largest absolute Gasteiger partial charge is 0.493 e. The van der Waals surface area contributed by atoms with Crippen LogP contribution in [0.5, 0.6) is 11.5 Å². The number of piperidine rings is 1. The van der Waals surface area contributed by atoms with E-state index in [9.17, 15) is 19.6 Å². The van der Waals surface area contributed by atoms with Gasteiger partial charge < -0.3 is 29.7 Å².